The lowest BCUT2D eigenvalue weighted by molar-refractivity contribution is -0.132. The summed E-state index contributed by atoms with van der Waals surface area (Å²) in [4.78, 5) is 32.9. The van der Waals surface area contributed by atoms with Gasteiger partial charge in [0.1, 0.15) is 11.2 Å². The number of hydrogen-bond acceptors (Lipinski definition) is 7. The van der Waals surface area contributed by atoms with Crippen LogP contribution in [0.3, 0.4) is 0 Å². The standard InChI is InChI=1S/C15H28N2O3.C14H26N2O2/c1-11(2)17-7-12(15(8-17)9-19-10-15)16(6)13(18)20-14(3,4)5;1-10(2)16-8-11-7-14(11,9-16)15(6)12(17)18-13(3,4)5/h11-12H,7-10H2,1-6H3;10-11H,7-9H2,1-6H3. The van der Waals surface area contributed by atoms with Crippen LogP contribution in [0.2, 0.25) is 0 Å². The molecule has 0 aromatic rings. The molecular formula is C29H54N4O5. The fourth-order valence-electron chi connectivity index (χ4n) is 5.94. The third kappa shape index (κ3) is 6.76. The van der Waals surface area contributed by atoms with Gasteiger partial charge in [0.05, 0.1) is 30.2 Å². The molecule has 3 unspecified atom stereocenters. The molecule has 4 fully saturated rings. The average Bonchev–Trinajstić information content (AvgIpc) is 3.11. The number of likely N-dealkylation sites (tertiary alicyclic amines) is 2. The summed E-state index contributed by atoms with van der Waals surface area (Å²) in [7, 11) is 3.74. The fraction of sp³-hybridized carbons (Fsp3) is 0.931. The van der Waals surface area contributed by atoms with Gasteiger partial charge >= 0.3 is 12.2 Å². The summed E-state index contributed by atoms with van der Waals surface area (Å²) in [6.45, 7) is 25.8. The second-order valence-corrected chi connectivity index (χ2v) is 14.6. The molecule has 9 heteroatoms. The fourth-order valence-corrected chi connectivity index (χ4v) is 5.94. The number of likely N-dealkylation sites (N-methyl/N-ethyl adjacent to an activating group) is 2. The monoisotopic (exact) mass is 538 g/mol. The van der Waals surface area contributed by atoms with E-state index in [0.29, 0.717) is 18.0 Å². The van der Waals surface area contributed by atoms with Crippen molar-refractivity contribution in [3.05, 3.63) is 0 Å². The van der Waals surface area contributed by atoms with Crippen LogP contribution in [0.25, 0.3) is 0 Å². The Kier molecular flexibility index (Phi) is 8.77. The van der Waals surface area contributed by atoms with Gasteiger partial charge in [0.2, 0.25) is 0 Å². The van der Waals surface area contributed by atoms with Crippen molar-refractivity contribution in [2.75, 3.05) is 53.5 Å². The number of hydrogen-bond donors (Lipinski definition) is 0. The van der Waals surface area contributed by atoms with Crippen LogP contribution < -0.4 is 0 Å². The zero-order valence-electron chi connectivity index (χ0n) is 26.1. The maximum Gasteiger partial charge on any atom is 0.410 e. The maximum absolute atomic E-state index is 12.3. The van der Waals surface area contributed by atoms with Gasteiger partial charge in [0.15, 0.2) is 0 Å². The molecule has 3 aliphatic heterocycles. The molecule has 0 aromatic heterocycles. The Morgan fingerprint density at radius 1 is 0.842 bits per heavy atom. The predicted octanol–water partition coefficient (Wildman–Crippen LogP) is 4.30. The van der Waals surface area contributed by atoms with Gasteiger partial charge in [-0.05, 0) is 81.6 Å². The summed E-state index contributed by atoms with van der Waals surface area (Å²) in [5, 5.41) is 0. The Bertz CT molecular complexity index is 860. The first-order valence-electron chi connectivity index (χ1n) is 14.3. The van der Waals surface area contributed by atoms with E-state index >= 15 is 0 Å². The molecule has 220 valence electrons. The van der Waals surface area contributed by atoms with Crippen molar-refractivity contribution in [2.24, 2.45) is 11.3 Å². The van der Waals surface area contributed by atoms with Gasteiger partial charge in [-0.1, -0.05) is 0 Å². The van der Waals surface area contributed by atoms with Gasteiger partial charge in [0, 0.05) is 52.4 Å². The third-order valence-electron chi connectivity index (χ3n) is 8.49. The molecule has 0 radical (unpaired) electrons. The van der Waals surface area contributed by atoms with Gasteiger partial charge in [-0.2, -0.15) is 0 Å². The number of ether oxygens (including phenoxy) is 3. The topological polar surface area (TPSA) is 74.8 Å². The largest absolute Gasteiger partial charge is 0.444 e. The molecule has 4 rings (SSSR count). The molecule has 3 atom stereocenters. The lowest BCUT2D eigenvalue weighted by Gasteiger charge is -2.45. The number of amides is 2. The molecule has 9 nitrogen and oxygen atoms in total. The summed E-state index contributed by atoms with van der Waals surface area (Å²) in [6, 6.07) is 1.22. The second kappa shape index (κ2) is 10.8. The molecule has 4 aliphatic rings. The molecule has 2 amide bonds. The SMILES string of the molecule is CC(C)N1CC(N(C)C(=O)OC(C)(C)C)C2(COC2)C1.CC(C)N1CC2CC2(N(C)C(=O)OC(C)(C)C)C1. The number of nitrogens with zero attached hydrogens (tertiary/aromatic N) is 4. The summed E-state index contributed by atoms with van der Waals surface area (Å²) < 4.78 is 16.4. The Labute approximate surface area is 231 Å². The Morgan fingerprint density at radius 2 is 1.34 bits per heavy atom. The van der Waals surface area contributed by atoms with E-state index in [2.05, 4.69) is 37.5 Å². The number of fused-ring (bicyclic) bond motifs is 1. The molecule has 1 spiro atoms. The van der Waals surface area contributed by atoms with Gasteiger partial charge < -0.3 is 24.0 Å². The first kappa shape index (κ1) is 31.0. The van der Waals surface area contributed by atoms with Crippen molar-refractivity contribution in [3.63, 3.8) is 0 Å². The van der Waals surface area contributed by atoms with Crippen LogP contribution in [0.1, 0.15) is 75.7 Å². The van der Waals surface area contributed by atoms with Crippen molar-refractivity contribution < 1.29 is 23.8 Å². The minimum atomic E-state index is -0.453. The van der Waals surface area contributed by atoms with Crippen LogP contribution in [-0.4, -0.2) is 120 Å². The first-order valence-corrected chi connectivity index (χ1v) is 14.3. The van der Waals surface area contributed by atoms with Gasteiger partial charge in [-0.3, -0.25) is 9.80 Å². The van der Waals surface area contributed by atoms with Gasteiger partial charge in [0.25, 0.3) is 0 Å². The van der Waals surface area contributed by atoms with E-state index in [1.165, 1.54) is 0 Å². The van der Waals surface area contributed by atoms with E-state index in [9.17, 15) is 9.59 Å². The molecule has 0 bridgehead atoms. The van der Waals surface area contributed by atoms with E-state index in [1.807, 2.05) is 60.5 Å². The number of carbonyl (C=O) groups is 2. The highest BCUT2D eigenvalue weighted by Gasteiger charge is 2.64. The predicted molar refractivity (Wildman–Crippen MR) is 149 cm³/mol. The minimum Gasteiger partial charge on any atom is -0.444 e. The highest BCUT2D eigenvalue weighted by molar-refractivity contribution is 5.70. The van der Waals surface area contributed by atoms with E-state index in [-0.39, 0.29) is 29.2 Å². The molecule has 1 aliphatic carbocycles. The summed E-state index contributed by atoms with van der Waals surface area (Å²) in [6.07, 6.45) is 0.710. The summed E-state index contributed by atoms with van der Waals surface area (Å²) in [5.41, 5.74) is -0.726. The first-order chi connectivity index (χ1) is 17.3. The van der Waals surface area contributed by atoms with E-state index in [1.54, 1.807) is 4.90 Å². The Balaban J connectivity index is 0.000000212. The van der Waals surface area contributed by atoms with Crippen molar-refractivity contribution in [3.8, 4) is 0 Å². The zero-order valence-corrected chi connectivity index (χ0v) is 26.1. The smallest absolute Gasteiger partial charge is 0.410 e. The molecule has 0 N–H and O–H groups in total. The highest BCUT2D eigenvalue weighted by atomic mass is 16.6. The van der Waals surface area contributed by atoms with Crippen molar-refractivity contribution >= 4 is 12.2 Å². The molecule has 3 saturated heterocycles. The lowest BCUT2D eigenvalue weighted by atomic mass is 9.80. The van der Waals surface area contributed by atoms with E-state index in [0.717, 1.165) is 45.8 Å². The van der Waals surface area contributed by atoms with Crippen LogP contribution in [0.5, 0.6) is 0 Å². The lowest BCUT2D eigenvalue weighted by Crippen LogP contribution is -2.58. The van der Waals surface area contributed by atoms with Crippen LogP contribution in [-0.2, 0) is 14.2 Å². The van der Waals surface area contributed by atoms with Gasteiger partial charge in [-0.15, -0.1) is 0 Å². The van der Waals surface area contributed by atoms with Crippen molar-refractivity contribution in [1.29, 1.82) is 0 Å². The quantitative estimate of drug-likeness (QED) is 0.528. The summed E-state index contributed by atoms with van der Waals surface area (Å²) in [5.74, 6) is 0.636. The van der Waals surface area contributed by atoms with Crippen LogP contribution >= 0.6 is 0 Å². The van der Waals surface area contributed by atoms with Crippen molar-refractivity contribution in [1.82, 2.24) is 19.6 Å². The Hall–Kier alpha value is -1.58. The average molecular weight is 539 g/mol. The van der Waals surface area contributed by atoms with Crippen LogP contribution in [0.4, 0.5) is 9.59 Å². The highest BCUT2D eigenvalue weighted by Crippen LogP contribution is 2.54. The number of rotatable bonds is 4. The maximum atomic E-state index is 12.3. The number of carbonyl (C=O) groups excluding carboxylic acids is 2. The van der Waals surface area contributed by atoms with Crippen LogP contribution in [0.15, 0.2) is 0 Å². The molecule has 3 heterocycles. The minimum absolute atomic E-state index is 0.0482. The van der Waals surface area contributed by atoms with Crippen molar-refractivity contribution in [2.45, 2.75) is 111 Å². The normalized spacial score (nSPS) is 28.5. The van der Waals surface area contributed by atoms with E-state index < -0.39 is 11.2 Å². The third-order valence-corrected chi connectivity index (χ3v) is 8.49. The molecule has 38 heavy (non-hydrogen) atoms. The number of piperidine rings is 1. The van der Waals surface area contributed by atoms with Gasteiger partial charge in [-0.25, -0.2) is 9.59 Å². The van der Waals surface area contributed by atoms with Crippen LogP contribution in [0, 0.1) is 11.3 Å². The molecule has 0 aromatic carbocycles. The molecular weight excluding hydrogens is 484 g/mol. The zero-order chi connectivity index (χ0) is 28.8. The Morgan fingerprint density at radius 3 is 1.76 bits per heavy atom. The van der Waals surface area contributed by atoms with E-state index in [4.69, 9.17) is 14.2 Å². The summed E-state index contributed by atoms with van der Waals surface area (Å²) >= 11 is 0. The molecule has 1 saturated carbocycles. The second-order valence-electron chi connectivity index (χ2n) is 14.6.